The van der Waals surface area contributed by atoms with Crippen LogP contribution in [0.15, 0.2) is 66.7 Å². The summed E-state index contributed by atoms with van der Waals surface area (Å²) in [5.74, 6) is 0.799. The number of hydrogen-bond donors (Lipinski definition) is 1. The molecule has 0 saturated heterocycles. The molecule has 5 heteroatoms. The summed E-state index contributed by atoms with van der Waals surface area (Å²) in [6, 6.07) is 21.0. The van der Waals surface area contributed by atoms with Crippen molar-refractivity contribution in [2.24, 2.45) is 5.73 Å². The molecule has 29 heavy (non-hydrogen) atoms. The summed E-state index contributed by atoms with van der Waals surface area (Å²) in [5, 5.41) is 11.3. The lowest BCUT2D eigenvalue weighted by Crippen LogP contribution is -2.04. The van der Waals surface area contributed by atoms with Gasteiger partial charge in [0.1, 0.15) is 5.75 Å². The fourth-order valence-electron chi connectivity index (χ4n) is 3.67. The van der Waals surface area contributed by atoms with Crippen LogP contribution in [0.1, 0.15) is 29.5 Å². The first-order chi connectivity index (χ1) is 14.2. The van der Waals surface area contributed by atoms with E-state index in [9.17, 15) is 10.1 Å². The highest BCUT2D eigenvalue weighted by Gasteiger charge is 2.25. The third kappa shape index (κ3) is 3.77. The summed E-state index contributed by atoms with van der Waals surface area (Å²) in [7, 11) is 0. The molecule has 5 nitrogen and oxygen atoms in total. The molecule has 0 amide bonds. The van der Waals surface area contributed by atoms with E-state index < -0.39 is 0 Å². The number of ether oxygens (including phenoxy) is 1. The van der Waals surface area contributed by atoms with Crippen molar-refractivity contribution in [2.45, 2.75) is 12.8 Å². The van der Waals surface area contributed by atoms with E-state index in [1.54, 1.807) is 12.1 Å². The Morgan fingerprint density at radius 1 is 0.897 bits per heavy atom. The lowest BCUT2D eigenvalue weighted by Gasteiger charge is -2.10. The van der Waals surface area contributed by atoms with Crippen LogP contribution >= 0.6 is 0 Å². The number of para-hydroxylation sites is 1. The molecule has 0 bridgehead atoms. The average Bonchev–Trinajstić information content (AvgIpc) is 3.05. The molecule has 0 aromatic heterocycles. The molecule has 0 radical (unpaired) electrons. The number of benzene rings is 3. The zero-order valence-electron chi connectivity index (χ0n) is 16.0. The van der Waals surface area contributed by atoms with Crippen LogP contribution in [-0.2, 0) is 0 Å². The summed E-state index contributed by atoms with van der Waals surface area (Å²) in [6.45, 7) is 1.26. The number of nitrogens with zero attached hydrogens (tertiary/aromatic N) is 1. The average molecular weight is 386 g/mol. The number of unbranched alkanes of at least 4 members (excludes halogenated alkanes) is 1. The minimum atomic E-state index is -0.352. The third-order valence-electron chi connectivity index (χ3n) is 5.09. The predicted molar refractivity (Wildman–Crippen MR) is 116 cm³/mol. The van der Waals surface area contributed by atoms with Crippen molar-refractivity contribution in [3.05, 3.63) is 93.5 Å². The van der Waals surface area contributed by atoms with Gasteiger partial charge in [-0.3, -0.25) is 10.1 Å². The number of fused-ring (bicyclic) bond motifs is 3. The Bertz CT molecular complexity index is 1090. The predicted octanol–water partition coefficient (Wildman–Crippen LogP) is 5.28. The Morgan fingerprint density at radius 2 is 1.62 bits per heavy atom. The Balaban J connectivity index is 1.78. The zero-order chi connectivity index (χ0) is 20.2. The first-order valence-corrected chi connectivity index (χ1v) is 9.71. The van der Waals surface area contributed by atoms with Crippen molar-refractivity contribution in [3.8, 4) is 16.9 Å². The molecule has 0 fully saturated rings. The summed E-state index contributed by atoms with van der Waals surface area (Å²) >= 11 is 0. The van der Waals surface area contributed by atoms with Crippen LogP contribution in [-0.4, -0.2) is 18.1 Å². The van der Waals surface area contributed by atoms with E-state index in [1.807, 2.05) is 42.5 Å². The second-order valence-corrected chi connectivity index (χ2v) is 6.97. The molecular formula is C24H22N2O3. The standard InChI is InChI=1S/C24H22N2O3/c25-13-5-6-14-29-24-10-4-1-7-17(24)15-22-20-9-3-2-8-19(20)21-12-11-18(26(27)28)16-23(21)22/h1-4,7-12,15-16H,5-6,13-14,25H2. The molecular weight excluding hydrogens is 364 g/mol. The zero-order valence-corrected chi connectivity index (χ0v) is 16.0. The van der Waals surface area contributed by atoms with Crippen molar-refractivity contribution >= 4 is 17.3 Å². The highest BCUT2D eigenvalue weighted by molar-refractivity contribution is 6.07. The van der Waals surface area contributed by atoms with Crippen molar-refractivity contribution in [1.29, 1.82) is 0 Å². The third-order valence-corrected chi connectivity index (χ3v) is 5.09. The van der Waals surface area contributed by atoms with E-state index in [0.717, 1.165) is 52.0 Å². The molecule has 1 aliphatic rings. The van der Waals surface area contributed by atoms with Gasteiger partial charge in [0.2, 0.25) is 0 Å². The topological polar surface area (TPSA) is 78.4 Å². The van der Waals surface area contributed by atoms with E-state index in [-0.39, 0.29) is 10.6 Å². The van der Waals surface area contributed by atoms with E-state index in [0.29, 0.717) is 13.2 Å². The van der Waals surface area contributed by atoms with Gasteiger partial charge in [0.15, 0.2) is 0 Å². The first kappa shape index (κ1) is 18.9. The van der Waals surface area contributed by atoms with Crippen LogP contribution < -0.4 is 10.5 Å². The molecule has 4 rings (SSSR count). The molecule has 3 aromatic rings. The maximum Gasteiger partial charge on any atom is 0.270 e. The Labute approximate surface area is 169 Å². The molecule has 0 atom stereocenters. The summed E-state index contributed by atoms with van der Waals surface area (Å²) < 4.78 is 5.98. The molecule has 0 unspecified atom stereocenters. The SMILES string of the molecule is NCCCCOc1ccccc1C=C1c2ccccc2-c2ccc([N+](=O)[O-])cc21. The van der Waals surface area contributed by atoms with Crippen molar-refractivity contribution in [2.75, 3.05) is 13.2 Å². The van der Waals surface area contributed by atoms with Gasteiger partial charge in [-0.15, -0.1) is 0 Å². The van der Waals surface area contributed by atoms with Gasteiger partial charge in [0, 0.05) is 17.7 Å². The number of hydrogen-bond acceptors (Lipinski definition) is 4. The van der Waals surface area contributed by atoms with E-state index >= 15 is 0 Å². The lowest BCUT2D eigenvalue weighted by molar-refractivity contribution is -0.384. The summed E-state index contributed by atoms with van der Waals surface area (Å²) in [6.07, 6.45) is 3.89. The van der Waals surface area contributed by atoms with Crippen LogP contribution in [0.3, 0.4) is 0 Å². The van der Waals surface area contributed by atoms with Crippen molar-refractivity contribution in [1.82, 2.24) is 0 Å². The van der Waals surface area contributed by atoms with E-state index in [1.165, 1.54) is 0 Å². The van der Waals surface area contributed by atoms with Crippen LogP contribution in [0.25, 0.3) is 22.8 Å². The van der Waals surface area contributed by atoms with Gasteiger partial charge in [-0.25, -0.2) is 0 Å². The summed E-state index contributed by atoms with van der Waals surface area (Å²) in [5.41, 5.74) is 11.6. The fraction of sp³-hybridized carbons (Fsp3) is 0.167. The number of nitrogens with two attached hydrogens (primary N) is 1. The lowest BCUT2D eigenvalue weighted by atomic mass is 10.0. The second-order valence-electron chi connectivity index (χ2n) is 6.97. The second kappa shape index (κ2) is 8.29. The Hall–Kier alpha value is -3.44. The van der Waals surface area contributed by atoms with Crippen molar-refractivity contribution < 1.29 is 9.66 Å². The Morgan fingerprint density at radius 3 is 2.41 bits per heavy atom. The normalized spacial score (nSPS) is 13.2. The molecule has 0 heterocycles. The molecule has 0 saturated carbocycles. The smallest absolute Gasteiger partial charge is 0.270 e. The monoisotopic (exact) mass is 386 g/mol. The summed E-state index contributed by atoms with van der Waals surface area (Å²) in [4.78, 5) is 11.0. The number of non-ortho nitro benzene ring substituents is 1. The first-order valence-electron chi connectivity index (χ1n) is 9.71. The van der Waals surface area contributed by atoms with Gasteiger partial charge in [-0.05, 0) is 65.4 Å². The van der Waals surface area contributed by atoms with Gasteiger partial charge in [0.05, 0.1) is 11.5 Å². The van der Waals surface area contributed by atoms with Crippen molar-refractivity contribution in [3.63, 3.8) is 0 Å². The quantitative estimate of drug-likeness (QED) is 0.266. The molecule has 0 aliphatic heterocycles. The number of nitro benzene ring substituents is 1. The van der Waals surface area contributed by atoms with Gasteiger partial charge in [-0.2, -0.15) is 0 Å². The minimum Gasteiger partial charge on any atom is -0.493 e. The highest BCUT2D eigenvalue weighted by atomic mass is 16.6. The van der Waals surface area contributed by atoms with Crippen LogP contribution in [0.4, 0.5) is 5.69 Å². The maximum absolute atomic E-state index is 11.3. The fourth-order valence-corrected chi connectivity index (χ4v) is 3.67. The molecule has 3 aromatic carbocycles. The minimum absolute atomic E-state index is 0.0915. The molecule has 1 aliphatic carbocycles. The molecule has 2 N–H and O–H groups in total. The largest absolute Gasteiger partial charge is 0.493 e. The molecule has 146 valence electrons. The van der Waals surface area contributed by atoms with Gasteiger partial charge >= 0.3 is 0 Å². The Kier molecular flexibility index (Phi) is 5.40. The highest BCUT2D eigenvalue weighted by Crippen LogP contribution is 2.46. The van der Waals surface area contributed by atoms with Gasteiger partial charge in [0.25, 0.3) is 5.69 Å². The van der Waals surface area contributed by atoms with Crippen LogP contribution in [0.2, 0.25) is 0 Å². The number of nitro groups is 1. The van der Waals surface area contributed by atoms with Gasteiger partial charge in [-0.1, -0.05) is 42.5 Å². The van der Waals surface area contributed by atoms with E-state index in [2.05, 4.69) is 18.2 Å². The number of rotatable bonds is 7. The van der Waals surface area contributed by atoms with Crippen LogP contribution in [0.5, 0.6) is 5.75 Å². The van der Waals surface area contributed by atoms with Crippen LogP contribution in [0, 0.1) is 10.1 Å². The van der Waals surface area contributed by atoms with Gasteiger partial charge < -0.3 is 10.5 Å². The van der Waals surface area contributed by atoms with E-state index in [4.69, 9.17) is 10.5 Å². The maximum atomic E-state index is 11.3. The molecule has 0 spiro atoms.